The summed E-state index contributed by atoms with van der Waals surface area (Å²) in [4.78, 5) is 69.8. The van der Waals surface area contributed by atoms with Crippen molar-refractivity contribution in [2.24, 2.45) is 5.92 Å². The van der Waals surface area contributed by atoms with E-state index in [1.54, 1.807) is 41.1 Å². The Balaban J connectivity index is 1.40. The molecule has 258 valence electrons. The number of nitrogens with zero attached hydrogens (tertiary/aromatic N) is 3. The molecule has 11 nitrogen and oxygen atoms in total. The van der Waals surface area contributed by atoms with Crippen LogP contribution in [0.1, 0.15) is 43.4 Å². The zero-order chi connectivity index (χ0) is 35.1. The maximum absolute atomic E-state index is 14.9. The van der Waals surface area contributed by atoms with E-state index in [1.165, 1.54) is 11.8 Å². The lowest BCUT2D eigenvalue weighted by atomic mass is 9.82. The largest absolute Gasteiger partial charge is 0.441 e. The molecule has 0 aliphatic carbocycles. The van der Waals surface area contributed by atoms with E-state index in [2.05, 4.69) is 0 Å². The summed E-state index contributed by atoms with van der Waals surface area (Å²) in [5.74, 6) is -1.84. The van der Waals surface area contributed by atoms with Crippen LogP contribution in [0.5, 0.6) is 0 Å². The van der Waals surface area contributed by atoms with E-state index < -0.39 is 43.7 Å². The lowest BCUT2D eigenvalue weighted by Crippen LogP contribution is -2.55. The molecule has 3 aromatic rings. The van der Waals surface area contributed by atoms with Crippen LogP contribution in [0, 0.1) is 5.92 Å². The standard InChI is InChI=1S/C37H43N3O8Si/c1-24-35(49(3,4)46)31(20-32(43)38(17-18-41)22-26-11-7-5-8-12-26)48-37(24)29-19-28(40-33(44)21-34(40)47-25(2)42)15-16-30(29)39(36(37)45)23-27-13-9-6-10-14-27/h5-16,19,24,31,34-35,41,46H,17-18,20-23H2,1-4H3/t24-,31+,34?,35-,37+/m1/s1. The van der Waals surface area contributed by atoms with Crippen LogP contribution >= 0.6 is 0 Å². The lowest BCUT2D eigenvalue weighted by molar-refractivity contribution is -0.154. The quantitative estimate of drug-likeness (QED) is 0.175. The molecule has 3 aliphatic heterocycles. The number of hydrogen-bond donors (Lipinski definition) is 2. The van der Waals surface area contributed by atoms with E-state index in [0.717, 1.165) is 11.1 Å². The van der Waals surface area contributed by atoms with Gasteiger partial charge in [0.2, 0.25) is 11.8 Å². The van der Waals surface area contributed by atoms with Crippen molar-refractivity contribution >= 4 is 43.4 Å². The van der Waals surface area contributed by atoms with Crippen LogP contribution < -0.4 is 9.80 Å². The van der Waals surface area contributed by atoms with Gasteiger partial charge in [0, 0.05) is 42.7 Å². The van der Waals surface area contributed by atoms with E-state index in [4.69, 9.17) is 9.47 Å². The number of fused-ring (bicyclic) bond motifs is 2. The second-order valence-electron chi connectivity index (χ2n) is 13.7. The van der Waals surface area contributed by atoms with Crippen molar-refractivity contribution < 1.29 is 38.6 Å². The molecule has 49 heavy (non-hydrogen) atoms. The van der Waals surface area contributed by atoms with Crippen molar-refractivity contribution in [2.45, 2.75) is 76.3 Å². The SMILES string of the molecule is CC(=O)OC1CC(=O)N1c1ccc2c(c1)[C@]1(O[C@@H](CC(=O)N(CCO)Cc3ccccc3)[C@H]([Si](C)(C)O)[C@H]1C)C(=O)N2Cc1ccccc1. The van der Waals surface area contributed by atoms with Crippen molar-refractivity contribution in [2.75, 3.05) is 23.0 Å². The summed E-state index contributed by atoms with van der Waals surface area (Å²) in [7, 11) is -3.09. The fraction of sp³-hybridized carbons (Fsp3) is 0.405. The first kappa shape index (κ1) is 34.5. The van der Waals surface area contributed by atoms with Crippen molar-refractivity contribution in [3.63, 3.8) is 0 Å². The molecule has 1 unspecified atom stereocenters. The molecule has 5 atom stereocenters. The minimum absolute atomic E-state index is 0.0532. The van der Waals surface area contributed by atoms with Crippen molar-refractivity contribution in [3.8, 4) is 0 Å². The van der Waals surface area contributed by atoms with Crippen LogP contribution in [-0.4, -0.2) is 72.3 Å². The zero-order valence-electron chi connectivity index (χ0n) is 28.2. The number of ether oxygens (including phenoxy) is 2. The number of amides is 3. The number of β-lactam (4-membered cyclic amide) rings is 1. The van der Waals surface area contributed by atoms with E-state index in [9.17, 15) is 29.1 Å². The third-order valence-electron chi connectivity index (χ3n) is 9.95. The molecule has 0 aromatic heterocycles. The highest BCUT2D eigenvalue weighted by molar-refractivity contribution is 6.71. The van der Waals surface area contributed by atoms with Gasteiger partial charge in [-0.2, -0.15) is 0 Å². The van der Waals surface area contributed by atoms with Gasteiger partial charge in [-0.25, -0.2) is 0 Å². The normalized spacial score (nSPS) is 24.6. The minimum Gasteiger partial charge on any atom is -0.441 e. The second-order valence-corrected chi connectivity index (χ2v) is 17.7. The molecule has 3 heterocycles. The van der Waals surface area contributed by atoms with Gasteiger partial charge in [0.25, 0.3) is 5.91 Å². The Bertz CT molecular complexity index is 1730. The predicted octanol–water partition coefficient (Wildman–Crippen LogP) is 4.07. The third-order valence-corrected chi connectivity index (χ3v) is 12.5. The molecule has 2 fully saturated rings. The van der Waals surface area contributed by atoms with Gasteiger partial charge in [-0.05, 0) is 42.4 Å². The van der Waals surface area contributed by atoms with Gasteiger partial charge in [0.1, 0.15) is 0 Å². The number of benzene rings is 3. The van der Waals surface area contributed by atoms with Crippen LogP contribution in [-0.2, 0) is 47.3 Å². The third kappa shape index (κ3) is 6.41. The van der Waals surface area contributed by atoms with Crippen molar-refractivity contribution in [1.29, 1.82) is 0 Å². The van der Waals surface area contributed by atoms with Crippen LogP contribution in [0.4, 0.5) is 11.4 Å². The highest BCUT2D eigenvalue weighted by Crippen LogP contribution is 2.60. The van der Waals surface area contributed by atoms with E-state index in [1.807, 2.05) is 67.6 Å². The topological polar surface area (TPSA) is 137 Å². The summed E-state index contributed by atoms with van der Waals surface area (Å²) in [5.41, 5.74) is 1.34. The monoisotopic (exact) mass is 685 g/mol. The Morgan fingerprint density at radius 2 is 1.67 bits per heavy atom. The highest BCUT2D eigenvalue weighted by atomic mass is 28.4. The Morgan fingerprint density at radius 1 is 1.02 bits per heavy atom. The van der Waals surface area contributed by atoms with E-state index in [0.29, 0.717) is 23.5 Å². The smallest absolute Gasteiger partial charge is 0.304 e. The summed E-state index contributed by atoms with van der Waals surface area (Å²) in [6.45, 7) is 7.23. The number of anilines is 2. The first-order valence-corrected chi connectivity index (χ1v) is 19.7. The summed E-state index contributed by atoms with van der Waals surface area (Å²) in [6.07, 6.45) is -1.61. The Hall–Kier alpha value is -4.36. The molecule has 3 amide bonds. The van der Waals surface area contributed by atoms with Gasteiger partial charge in [0.05, 0.1) is 37.8 Å². The van der Waals surface area contributed by atoms with Crippen LogP contribution in [0.3, 0.4) is 0 Å². The average Bonchev–Trinajstić information content (AvgIpc) is 3.47. The van der Waals surface area contributed by atoms with Gasteiger partial charge < -0.3 is 29.2 Å². The molecular formula is C37H43N3O8Si. The fourth-order valence-electron chi connectivity index (χ4n) is 7.84. The molecule has 0 saturated carbocycles. The van der Waals surface area contributed by atoms with Crippen LogP contribution in [0.15, 0.2) is 78.9 Å². The summed E-state index contributed by atoms with van der Waals surface area (Å²) in [6, 6.07) is 24.3. The van der Waals surface area contributed by atoms with Gasteiger partial charge in [-0.3, -0.25) is 24.1 Å². The minimum atomic E-state index is -3.09. The summed E-state index contributed by atoms with van der Waals surface area (Å²) >= 11 is 0. The highest BCUT2D eigenvalue weighted by Gasteiger charge is 2.66. The maximum atomic E-state index is 14.9. The molecule has 0 bridgehead atoms. The molecule has 3 aromatic carbocycles. The van der Waals surface area contributed by atoms with Crippen LogP contribution in [0.2, 0.25) is 18.6 Å². The predicted molar refractivity (Wildman–Crippen MR) is 184 cm³/mol. The van der Waals surface area contributed by atoms with Crippen molar-refractivity contribution in [1.82, 2.24) is 4.90 Å². The zero-order valence-corrected chi connectivity index (χ0v) is 29.2. The molecule has 3 aliphatic rings. The van der Waals surface area contributed by atoms with Gasteiger partial charge in [-0.1, -0.05) is 67.6 Å². The van der Waals surface area contributed by atoms with E-state index in [-0.39, 0.29) is 50.3 Å². The number of carbonyl (C=O) groups is 4. The first-order chi connectivity index (χ1) is 23.3. The maximum Gasteiger partial charge on any atom is 0.304 e. The fourth-order valence-corrected chi connectivity index (χ4v) is 10.4. The van der Waals surface area contributed by atoms with Crippen LogP contribution in [0.25, 0.3) is 0 Å². The Labute approximate surface area is 287 Å². The first-order valence-electron chi connectivity index (χ1n) is 16.7. The van der Waals surface area contributed by atoms with Gasteiger partial charge in [0.15, 0.2) is 20.1 Å². The van der Waals surface area contributed by atoms with Gasteiger partial charge in [-0.15, -0.1) is 0 Å². The van der Waals surface area contributed by atoms with Crippen molar-refractivity contribution in [3.05, 3.63) is 95.6 Å². The number of rotatable bonds is 11. The second kappa shape index (κ2) is 13.5. The molecule has 12 heteroatoms. The number of carbonyl (C=O) groups excluding carboxylic acids is 4. The summed E-state index contributed by atoms with van der Waals surface area (Å²) in [5, 5.41) is 9.83. The lowest BCUT2D eigenvalue weighted by Gasteiger charge is -2.39. The van der Waals surface area contributed by atoms with Gasteiger partial charge >= 0.3 is 5.97 Å². The molecule has 1 spiro atoms. The molecule has 2 N–H and O–H groups in total. The average molecular weight is 686 g/mol. The number of aliphatic hydroxyl groups is 1. The molecular weight excluding hydrogens is 643 g/mol. The van der Waals surface area contributed by atoms with E-state index >= 15 is 0 Å². The molecule has 6 rings (SSSR count). The molecule has 0 radical (unpaired) electrons. The Kier molecular flexibility index (Phi) is 9.51. The summed E-state index contributed by atoms with van der Waals surface area (Å²) < 4.78 is 12.3. The number of hydrogen-bond acceptors (Lipinski definition) is 8. The molecule has 2 saturated heterocycles. The number of esters is 1. The number of aliphatic hydroxyl groups excluding tert-OH is 1. The Morgan fingerprint density at radius 3 is 2.27 bits per heavy atom.